The molecule has 0 radical (unpaired) electrons. The molecule has 5 heteroatoms. The Kier molecular flexibility index (Phi) is 4.46. The molecule has 1 amide bonds. The topological polar surface area (TPSA) is 34.4 Å². The molecule has 0 aliphatic rings. The molecule has 0 saturated heterocycles. The lowest BCUT2D eigenvalue weighted by Gasteiger charge is -2.03. The minimum atomic E-state index is -0.274. The second-order valence-corrected chi connectivity index (χ2v) is 6.57. The van der Waals surface area contributed by atoms with Crippen molar-refractivity contribution in [1.82, 2.24) is 4.57 Å². The molecule has 0 saturated carbocycles. The van der Waals surface area contributed by atoms with Crippen molar-refractivity contribution in [3.05, 3.63) is 76.1 Å². The number of allylic oxidation sites excluding steroid dienone is 1. The first-order chi connectivity index (χ1) is 11.1. The molecule has 23 heavy (non-hydrogen) atoms. The summed E-state index contributed by atoms with van der Waals surface area (Å²) >= 11 is 7.36. The van der Waals surface area contributed by atoms with E-state index in [-0.39, 0.29) is 5.91 Å². The molecule has 0 bridgehead atoms. The van der Waals surface area contributed by atoms with Gasteiger partial charge in [-0.3, -0.25) is 4.79 Å². The molecular formula is C18H15ClN2OS. The Labute approximate surface area is 143 Å². The van der Waals surface area contributed by atoms with Crippen molar-refractivity contribution in [2.45, 2.75) is 13.5 Å². The van der Waals surface area contributed by atoms with Crippen molar-refractivity contribution < 1.29 is 4.79 Å². The number of hydrogen-bond donors (Lipinski definition) is 0. The van der Waals surface area contributed by atoms with E-state index in [1.54, 1.807) is 24.3 Å². The Morgan fingerprint density at radius 2 is 2.04 bits per heavy atom. The van der Waals surface area contributed by atoms with Gasteiger partial charge < -0.3 is 4.57 Å². The summed E-state index contributed by atoms with van der Waals surface area (Å²) in [4.78, 5) is 17.4. The van der Waals surface area contributed by atoms with Gasteiger partial charge in [0.25, 0.3) is 5.91 Å². The molecule has 116 valence electrons. The van der Waals surface area contributed by atoms with E-state index in [4.69, 9.17) is 11.6 Å². The Morgan fingerprint density at radius 1 is 1.30 bits per heavy atom. The Bertz CT molecular complexity index is 951. The zero-order valence-corrected chi connectivity index (χ0v) is 14.2. The van der Waals surface area contributed by atoms with E-state index in [0.29, 0.717) is 21.9 Å². The molecule has 0 fully saturated rings. The first kappa shape index (κ1) is 15.7. The first-order valence-electron chi connectivity index (χ1n) is 7.14. The van der Waals surface area contributed by atoms with E-state index in [1.807, 2.05) is 22.8 Å². The fourth-order valence-electron chi connectivity index (χ4n) is 2.43. The fraction of sp³-hybridized carbons (Fsp3) is 0.111. The third-order valence-corrected chi connectivity index (χ3v) is 4.80. The zero-order chi connectivity index (χ0) is 16.4. The van der Waals surface area contributed by atoms with Crippen LogP contribution in [0, 0.1) is 6.92 Å². The molecule has 3 aromatic rings. The van der Waals surface area contributed by atoms with Crippen molar-refractivity contribution >= 4 is 39.1 Å². The van der Waals surface area contributed by atoms with Gasteiger partial charge in [0.05, 0.1) is 10.2 Å². The van der Waals surface area contributed by atoms with Crippen LogP contribution in [0.4, 0.5) is 0 Å². The number of carbonyl (C=O) groups excluding carboxylic acids is 1. The van der Waals surface area contributed by atoms with Gasteiger partial charge in [-0.15, -0.1) is 6.58 Å². The van der Waals surface area contributed by atoms with E-state index < -0.39 is 0 Å². The van der Waals surface area contributed by atoms with E-state index in [9.17, 15) is 4.79 Å². The van der Waals surface area contributed by atoms with Crippen LogP contribution < -0.4 is 4.80 Å². The average molecular weight is 343 g/mol. The van der Waals surface area contributed by atoms with Gasteiger partial charge >= 0.3 is 0 Å². The van der Waals surface area contributed by atoms with Gasteiger partial charge in [0.15, 0.2) is 4.80 Å². The van der Waals surface area contributed by atoms with Gasteiger partial charge in [0, 0.05) is 17.1 Å². The lowest BCUT2D eigenvalue weighted by Crippen LogP contribution is -2.16. The number of nitrogens with zero attached hydrogens (tertiary/aromatic N) is 2. The van der Waals surface area contributed by atoms with Crippen molar-refractivity contribution in [2.75, 3.05) is 0 Å². The van der Waals surface area contributed by atoms with Gasteiger partial charge in [-0.1, -0.05) is 41.1 Å². The lowest BCUT2D eigenvalue weighted by atomic mass is 10.2. The summed E-state index contributed by atoms with van der Waals surface area (Å²) in [6.07, 6.45) is 1.81. The number of benzene rings is 2. The van der Waals surface area contributed by atoms with Gasteiger partial charge in [-0.25, -0.2) is 0 Å². The number of halogens is 1. The molecule has 0 spiro atoms. The van der Waals surface area contributed by atoms with Crippen LogP contribution in [0.25, 0.3) is 10.2 Å². The summed E-state index contributed by atoms with van der Waals surface area (Å²) in [5.41, 5.74) is 2.77. The zero-order valence-electron chi connectivity index (χ0n) is 12.6. The van der Waals surface area contributed by atoms with Crippen LogP contribution in [-0.2, 0) is 6.54 Å². The lowest BCUT2D eigenvalue weighted by molar-refractivity contribution is 0.0998. The summed E-state index contributed by atoms with van der Waals surface area (Å²) in [6.45, 7) is 6.47. The number of fused-ring (bicyclic) bond motifs is 1. The summed E-state index contributed by atoms with van der Waals surface area (Å²) in [6, 6.07) is 12.9. The number of rotatable bonds is 3. The van der Waals surface area contributed by atoms with Crippen molar-refractivity contribution in [3.8, 4) is 0 Å². The molecule has 1 heterocycles. The highest BCUT2D eigenvalue weighted by atomic mass is 35.5. The van der Waals surface area contributed by atoms with Crippen molar-refractivity contribution in [3.63, 3.8) is 0 Å². The number of carbonyl (C=O) groups is 1. The molecule has 0 N–H and O–H groups in total. The molecular weight excluding hydrogens is 328 g/mol. The maximum atomic E-state index is 12.4. The normalized spacial score (nSPS) is 11.8. The molecule has 0 unspecified atom stereocenters. The van der Waals surface area contributed by atoms with Gasteiger partial charge in [-0.05, 0) is 42.8 Å². The highest BCUT2D eigenvalue weighted by Crippen LogP contribution is 2.21. The number of para-hydroxylation sites is 1. The predicted molar refractivity (Wildman–Crippen MR) is 96.1 cm³/mol. The second-order valence-electron chi connectivity index (χ2n) is 5.13. The number of aryl methyl sites for hydroxylation is 1. The molecule has 0 atom stereocenters. The van der Waals surface area contributed by atoms with E-state index in [2.05, 4.69) is 24.6 Å². The van der Waals surface area contributed by atoms with Crippen molar-refractivity contribution in [2.24, 2.45) is 4.99 Å². The quantitative estimate of drug-likeness (QED) is 0.641. The minimum Gasteiger partial charge on any atom is -0.312 e. The molecule has 0 aliphatic heterocycles. The van der Waals surface area contributed by atoms with Crippen LogP contribution in [0.1, 0.15) is 15.9 Å². The number of amides is 1. The number of aromatic nitrogens is 1. The summed E-state index contributed by atoms with van der Waals surface area (Å²) in [5, 5.41) is 0.598. The first-order valence-corrected chi connectivity index (χ1v) is 8.34. The molecule has 1 aromatic heterocycles. The number of hydrogen-bond acceptors (Lipinski definition) is 2. The van der Waals surface area contributed by atoms with Crippen LogP contribution >= 0.6 is 22.9 Å². The summed E-state index contributed by atoms with van der Waals surface area (Å²) in [7, 11) is 0. The number of thiazole rings is 1. The van der Waals surface area contributed by atoms with Crippen LogP contribution in [0.3, 0.4) is 0 Å². The maximum Gasteiger partial charge on any atom is 0.279 e. The Morgan fingerprint density at radius 3 is 2.74 bits per heavy atom. The Balaban J connectivity index is 2.16. The maximum absolute atomic E-state index is 12.4. The average Bonchev–Trinajstić information content (AvgIpc) is 2.87. The van der Waals surface area contributed by atoms with Crippen LogP contribution in [-0.4, -0.2) is 10.5 Å². The fourth-order valence-corrected chi connectivity index (χ4v) is 3.68. The SMILES string of the molecule is C=CCn1c(=NC(=O)c2ccc(Cl)cc2)sc2cccc(C)c21. The van der Waals surface area contributed by atoms with Crippen LogP contribution in [0.5, 0.6) is 0 Å². The smallest absolute Gasteiger partial charge is 0.279 e. The molecule has 3 nitrogen and oxygen atoms in total. The summed E-state index contributed by atoms with van der Waals surface area (Å²) < 4.78 is 3.13. The predicted octanol–water partition coefficient (Wildman–Crippen LogP) is 4.59. The van der Waals surface area contributed by atoms with E-state index in [0.717, 1.165) is 15.8 Å². The van der Waals surface area contributed by atoms with Gasteiger partial charge in [-0.2, -0.15) is 4.99 Å². The monoisotopic (exact) mass is 342 g/mol. The van der Waals surface area contributed by atoms with E-state index in [1.165, 1.54) is 11.3 Å². The van der Waals surface area contributed by atoms with Crippen molar-refractivity contribution in [1.29, 1.82) is 0 Å². The van der Waals surface area contributed by atoms with Crippen LogP contribution in [0.15, 0.2) is 60.1 Å². The third-order valence-electron chi connectivity index (χ3n) is 3.50. The molecule has 0 aliphatic carbocycles. The van der Waals surface area contributed by atoms with E-state index >= 15 is 0 Å². The minimum absolute atomic E-state index is 0.274. The molecule has 2 aromatic carbocycles. The highest BCUT2D eigenvalue weighted by molar-refractivity contribution is 7.16. The third kappa shape index (κ3) is 3.14. The van der Waals surface area contributed by atoms with Crippen LogP contribution in [0.2, 0.25) is 5.02 Å². The summed E-state index contributed by atoms with van der Waals surface area (Å²) in [5.74, 6) is -0.274. The largest absolute Gasteiger partial charge is 0.312 e. The van der Waals surface area contributed by atoms with Gasteiger partial charge in [0.2, 0.25) is 0 Å². The second kappa shape index (κ2) is 6.52. The molecule has 3 rings (SSSR count). The van der Waals surface area contributed by atoms with Gasteiger partial charge in [0.1, 0.15) is 0 Å². The highest BCUT2D eigenvalue weighted by Gasteiger charge is 2.10. The Hall–Kier alpha value is -2.17. The standard InChI is InChI=1S/C18H15ClN2OS/c1-3-11-21-16-12(2)5-4-6-15(16)23-18(21)20-17(22)13-7-9-14(19)10-8-13/h3-10H,1,11H2,2H3.